The van der Waals surface area contributed by atoms with Crippen molar-refractivity contribution in [2.75, 3.05) is 19.8 Å². The second-order valence-electron chi connectivity index (χ2n) is 7.73. The Morgan fingerprint density at radius 1 is 1.33 bits per heavy atom. The van der Waals surface area contributed by atoms with Crippen molar-refractivity contribution in [1.82, 2.24) is 10.2 Å². The fraction of sp³-hybridized carbons (Fsp3) is 0.944. The lowest BCUT2D eigenvalue weighted by molar-refractivity contribution is -0.205. The van der Waals surface area contributed by atoms with E-state index in [1.54, 1.807) is 13.2 Å². The zero-order valence-electron chi connectivity index (χ0n) is 16.4. The van der Waals surface area contributed by atoms with Crippen LogP contribution in [0.3, 0.4) is 0 Å². The Balaban J connectivity index is 2.09. The summed E-state index contributed by atoms with van der Waals surface area (Å²) >= 11 is 7.55. The second kappa shape index (κ2) is 10.1. The van der Waals surface area contributed by atoms with Gasteiger partial charge in [-0.3, -0.25) is 9.69 Å². The molecule has 0 saturated carbocycles. The molecular weight excluding hydrogens is 392 g/mol. The van der Waals surface area contributed by atoms with Gasteiger partial charge in [-0.05, 0) is 39.0 Å². The lowest BCUT2D eigenvalue weighted by Gasteiger charge is -2.44. The predicted octanol–water partition coefficient (Wildman–Crippen LogP) is 0.390. The van der Waals surface area contributed by atoms with Gasteiger partial charge in [0.2, 0.25) is 5.91 Å². The Labute approximate surface area is 170 Å². The number of thioether (sulfide) groups is 1. The number of likely N-dealkylation sites (tertiary alicyclic amines) is 1. The molecule has 2 fully saturated rings. The van der Waals surface area contributed by atoms with E-state index in [2.05, 4.69) is 12.2 Å². The molecule has 0 spiro atoms. The number of carbonyl (C=O) groups excluding carboxylic acids is 1. The molecule has 27 heavy (non-hydrogen) atoms. The van der Waals surface area contributed by atoms with Gasteiger partial charge < -0.3 is 25.4 Å². The lowest BCUT2D eigenvalue weighted by Crippen LogP contribution is -2.65. The number of aliphatic hydroxyl groups excluding tert-OH is 3. The quantitative estimate of drug-likeness (QED) is 0.438. The molecular formula is C18H33ClN2O5S. The summed E-state index contributed by atoms with van der Waals surface area (Å²) in [4.78, 5) is 14.9. The van der Waals surface area contributed by atoms with Crippen molar-refractivity contribution in [3.8, 4) is 0 Å². The molecule has 0 aromatic heterocycles. The van der Waals surface area contributed by atoms with E-state index in [9.17, 15) is 20.1 Å². The summed E-state index contributed by atoms with van der Waals surface area (Å²) in [7, 11) is 1.94. The van der Waals surface area contributed by atoms with Crippen molar-refractivity contribution in [2.45, 2.75) is 80.4 Å². The first-order chi connectivity index (χ1) is 12.7. The van der Waals surface area contributed by atoms with Crippen LogP contribution in [0.4, 0.5) is 0 Å². The molecule has 1 amide bonds. The smallest absolute Gasteiger partial charge is 0.237 e. The van der Waals surface area contributed by atoms with Crippen LogP contribution in [0, 0.1) is 5.92 Å². The topological polar surface area (TPSA) is 102 Å². The lowest BCUT2D eigenvalue weighted by atomic mass is 9.92. The first kappa shape index (κ1) is 23.2. The average molecular weight is 425 g/mol. The summed E-state index contributed by atoms with van der Waals surface area (Å²) in [5.74, 6) is 0.350. The van der Waals surface area contributed by atoms with Crippen LogP contribution >= 0.6 is 23.4 Å². The average Bonchev–Trinajstić information content (AvgIpc) is 2.99. The minimum Gasteiger partial charge on any atom is -0.388 e. The van der Waals surface area contributed by atoms with Crippen LogP contribution in [0.15, 0.2) is 0 Å². The van der Waals surface area contributed by atoms with E-state index in [-0.39, 0.29) is 11.9 Å². The molecule has 0 radical (unpaired) electrons. The number of carbonyl (C=O) groups is 1. The number of alkyl halides is 1. The van der Waals surface area contributed by atoms with E-state index in [1.165, 1.54) is 11.8 Å². The highest BCUT2D eigenvalue weighted by molar-refractivity contribution is 7.99. The first-order valence-electron chi connectivity index (χ1n) is 9.58. The maximum absolute atomic E-state index is 12.9. The van der Waals surface area contributed by atoms with Crippen LogP contribution < -0.4 is 5.32 Å². The van der Waals surface area contributed by atoms with E-state index in [0.717, 1.165) is 25.8 Å². The Hall–Kier alpha value is -0.0900. The SMILES string of the molecule is CCC[C@@H]1C[C@H](C(=O)N[C@@H]([C@@H]2O[C@H](SC)[C@H](O)[C@@H](O)[C@H]2O)[C@H](C)Cl)N(C)C1. The van der Waals surface area contributed by atoms with Gasteiger partial charge in [-0.25, -0.2) is 0 Å². The third kappa shape index (κ3) is 5.29. The van der Waals surface area contributed by atoms with Gasteiger partial charge in [-0.1, -0.05) is 13.3 Å². The number of rotatable bonds is 7. The zero-order valence-corrected chi connectivity index (χ0v) is 18.0. The molecule has 9 atom stereocenters. The predicted molar refractivity (Wildman–Crippen MR) is 107 cm³/mol. The van der Waals surface area contributed by atoms with Crippen molar-refractivity contribution in [3.05, 3.63) is 0 Å². The summed E-state index contributed by atoms with van der Waals surface area (Å²) in [5.41, 5.74) is -0.702. The number of likely N-dealkylation sites (N-methyl/N-ethyl adjacent to an activating group) is 1. The van der Waals surface area contributed by atoms with Gasteiger partial charge >= 0.3 is 0 Å². The standard InChI is InChI=1S/C18H33ClN2O5S/c1-5-6-10-7-11(21(3)8-10)17(25)20-12(9(2)19)16-14(23)13(22)15(24)18(26-16)27-4/h9-16,18,22-24H,5-8H2,1-4H3,(H,20,25)/t9-,10+,11+,12+,13-,14+,15+,16-,18+/m0/s1. The van der Waals surface area contributed by atoms with Gasteiger partial charge in [-0.15, -0.1) is 23.4 Å². The third-order valence-corrected chi connectivity index (χ3v) is 6.76. The maximum atomic E-state index is 12.9. The van der Waals surface area contributed by atoms with Gasteiger partial charge in [0.1, 0.15) is 29.9 Å². The first-order valence-corrected chi connectivity index (χ1v) is 11.3. The molecule has 0 aromatic carbocycles. The van der Waals surface area contributed by atoms with Crippen LogP contribution in [0.5, 0.6) is 0 Å². The summed E-state index contributed by atoms with van der Waals surface area (Å²) in [6.07, 6.45) is -0.0980. The third-order valence-electron chi connectivity index (χ3n) is 5.63. The van der Waals surface area contributed by atoms with Crippen molar-refractivity contribution >= 4 is 29.3 Å². The van der Waals surface area contributed by atoms with Crippen molar-refractivity contribution in [1.29, 1.82) is 0 Å². The van der Waals surface area contributed by atoms with Gasteiger partial charge in [0.15, 0.2) is 0 Å². The minimum atomic E-state index is -1.36. The molecule has 2 aliphatic heterocycles. The zero-order chi connectivity index (χ0) is 20.3. The maximum Gasteiger partial charge on any atom is 0.237 e. The largest absolute Gasteiger partial charge is 0.388 e. The number of ether oxygens (including phenoxy) is 1. The van der Waals surface area contributed by atoms with E-state index in [4.69, 9.17) is 16.3 Å². The van der Waals surface area contributed by atoms with Crippen molar-refractivity contribution in [3.63, 3.8) is 0 Å². The normalized spacial score (nSPS) is 39.9. The Bertz CT molecular complexity index is 498. The van der Waals surface area contributed by atoms with Gasteiger partial charge in [0, 0.05) is 6.54 Å². The molecule has 2 heterocycles. The number of halogens is 1. The molecule has 0 aliphatic carbocycles. The highest BCUT2D eigenvalue weighted by atomic mass is 35.5. The highest BCUT2D eigenvalue weighted by Crippen LogP contribution is 2.31. The van der Waals surface area contributed by atoms with Gasteiger partial charge in [0.25, 0.3) is 0 Å². The molecule has 9 heteroatoms. The molecule has 2 saturated heterocycles. The summed E-state index contributed by atoms with van der Waals surface area (Å²) < 4.78 is 5.79. The monoisotopic (exact) mass is 424 g/mol. The summed E-state index contributed by atoms with van der Waals surface area (Å²) in [6.45, 7) is 4.74. The molecule has 2 aliphatic rings. The fourth-order valence-electron chi connectivity index (χ4n) is 4.11. The van der Waals surface area contributed by atoms with Crippen LogP contribution in [-0.4, -0.2) is 93.3 Å². The summed E-state index contributed by atoms with van der Waals surface area (Å²) in [5, 5.41) is 33.0. The molecule has 0 bridgehead atoms. The van der Waals surface area contributed by atoms with E-state index in [1.807, 2.05) is 11.9 Å². The van der Waals surface area contributed by atoms with Crippen molar-refractivity contribution in [2.24, 2.45) is 5.92 Å². The Morgan fingerprint density at radius 2 is 2.00 bits per heavy atom. The van der Waals surface area contributed by atoms with E-state index in [0.29, 0.717) is 5.92 Å². The van der Waals surface area contributed by atoms with E-state index < -0.39 is 41.3 Å². The number of aliphatic hydroxyl groups is 3. The van der Waals surface area contributed by atoms with Gasteiger partial charge in [-0.2, -0.15) is 0 Å². The number of nitrogens with one attached hydrogen (secondary N) is 1. The van der Waals surface area contributed by atoms with Crippen LogP contribution in [0.1, 0.15) is 33.1 Å². The van der Waals surface area contributed by atoms with Crippen LogP contribution in [0.25, 0.3) is 0 Å². The highest BCUT2D eigenvalue weighted by Gasteiger charge is 2.48. The van der Waals surface area contributed by atoms with Crippen LogP contribution in [-0.2, 0) is 9.53 Å². The molecule has 158 valence electrons. The fourth-order valence-corrected chi connectivity index (χ4v) is 5.00. The van der Waals surface area contributed by atoms with Crippen LogP contribution in [0.2, 0.25) is 0 Å². The molecule has 2 rings (SSSR count). The summed E-state index contributed by atoms with van der Waals surface area (Å²) in [6, 6.07) is -0.934. The Morgan fingerprint density at radius 3 is 2.56 bits per heavy atom. The number of hydrogen-bond acceptors (Lipinski definition) is 7. The second-order valence-corrected chi connectivity index (χ2v) is 9.36. The molecule has 7 nitrogen and oxygen atoms in total. The van der Waals surface area contributed by atoms with E-state index >= 15 is 0 Å². The van der Waals surface area contributed by atoms with Crippen molar-refractivity contribution < 1.29 is 24.9 Å². The minimum absolute atomic E-state index is 0.147. The number of amides is 1. The molecule has 0 unspecified atom stereocenters. The Kier molecular flexibility index (Phi) is 8.67. The number of nitrogens with zero attached hydrogens (tertiary/aromatic N) is 1. The molecule has 0 aromatic rings. The van der Waals surface area contributed by atoms with Gasteiger partial charge in [0.05, 0.1) is 17.5 Å². The molecule has 4 N–H and O–H groups in total. The number of hydrogen-bond donors (Lipinski definition) is 4.